The van der Waals surface area contributed by atoms with Gasteiger partial charge in [0.2, 0.25) is 0 Å². The molecule has 0 aromatic carbocycles. The molecule has 2 aliphatic rings. The number of thioether (sulfide) groups is 2. The van der Waals surface area contributed by atoms with Crippen molar-refractivity contribution >= 4 is 23.5 Å². The van der Waals surface area contributed by atoms with Gasteiger partial charge in [0.1, 0.15) is 0 Å². The second-order valence-corrected chi connectivity index (χ2v) is 6.66. The fraction of sp³-hybridized carbons (Fsp3) is 1.00. The van der Waals surface area contributed by atoms with Crippen molar-refractivity contribution in [3.8, 4) is 0 Å². The largest absolute Gasteiger partial charge is 0.159 e. The highest BCUT2D eigenvalue weighted by Gasteiger charge is 2.20. The van der Waals surface area contributed by atoms with E-state index in [9.17, 15) is 0 Å². The molecule has 2 atom stereocenters. The van der Waals surface area contributed by atoms with Gasteiger partial charge in [-0.1, -0.05) is 0 Å². The molecule has 12 heavy (non-hydrogen) atoms. The van der Waals surface area contributed by atoms with E-state index in [1.165, 1.54) is 50.0 Å². The third-order valence-electron chi connectivity index (χ3n) is 2.86. The highest BCUT2D eigenvalue weighted by molar-refractivity contribution is 8.00. The maximum absolute atomic E-state index is 2.22. The summed E-state index contributed by atoms with van der Waals surface area (Å²) in [5, 5.41) is 2.07. The lowest BCUT2D eigenvalue weighted by Gasteiger charge is -2.11. The third-order valence-corrected chi connectivity index (χ3v) is 5.79. The van der Waals surface area contributed by atoms with Crippen LogP contribution in [-0.2, 0) is 0 Å². The molecule has 0 N–H and O–H groups in total. The molecule has 0 nitrogen and oxygen atoms in total. The summed E-state index contributed by atoms with van der Waals surface area (Å²) < 4.78 is 0. The van der Waals surface area contributed by atoms with E-state index in [2.05, 4.69) is 23.5 Å². The summed E-state index contributed by atoms with van der Waals surface area (Å²) in [7, 11) is 0. The summed E-state index contributed by atoms with van der Waals surface area (Å²) in [5.74, 6) is 2.87. The van der Waals surface area contributed by atoms with Crippen molar-refractivity contribution in [2.75, 3.05) is 11.5 Å². The Balaban J connectivity index is 1.60. The van der Waals surface area contributed by atoms with Gasteiger partial charge in [-0.3, -0.25) is 0 Å². The Morgan fingerprint density at radius 3 is 1.67 bits per heavy atom. The number of hydrogen-bond donors (Lipinski definition) is 0. The molecule has 2 heterocycles. The molecule has 0 aromatic rings. The molecule has 2 fully saturated rings. The van der Waals surface area contributed by atoms with Crippen LogP contribution in [0.15, 0.2) is 0 Å². The van der Waals surface area contributed by atoms with Crippen molar-refractivity contribution < 1.29 is 0 Å². The standard InChI is InChI=1S/C10H18S2/c1-3-9(11-7-1)5-6-10-4-2-8-12-10/h9-10H,1-8H2/t9-,10-/m0/s1. The van der Waals surface area contributed by atoms with Gasteiger partial charge in [0.05, 0.1) is 0 Å². The fourth-order valence-corrected chi connectivity index (χ4v) is 4.72. The molecule has 0 aromatic heterocycles. The molecule has 0 saturated carbocycles. The fourth-order valence-electron chi connectivity index (χ4n) is 2.12. The molecule has 0 radical (unpaired) electrons. The van der Waals surface area contributed by atoms with Crippen LogP contribution < -0.4 is 0 Å². The van der Waals surface area contributed by atoms with Gasteiger partial charge in [0.15, 0.2) is 0 Å². The van der Waals surface area contributed by atoms with Gasteiger partial charge in [-0.2, -0.15) is 23.5 Å². The lowest BCUT2D eigenvalue weighted by molar-refractivity contribution is 0.635. The van der Waals surface area contributed by atoms with E-state index >= 15 is 0 Å². The Morgan fingerprint density at radius 1 is 0.833 bits per heavy atom. The van der Waals surface area contributed by atoms with Gasteiger partial charge in [-0.25, -0.2) is 0 Å². The molecule has 0 amide bonds. The minimum atomic E-state index is 1.03. The first-order valence-electron chi connectivity index (χ1n) is 5.18. The van der Waals surface area contributed by atoms with Crippen LogP contribution in [0.3, 0.4) is 0 Å². The van der Waals surface area contributed by atoms with Gasteiger partial charge in [0.25, 0.3) is 0 Å². The summed E-state index contributed by atoms with van der Waals surface area (Å²) in [6.07, 6.45) is 8.97. The first kappa shape index (κ1) is 9.26. The Labute approximate surface area is 84.3 Å². The van der Waals surface area contributed by atoms with Crippen molar-refractivity contribution in [1.29, 1.82) is 0 Å². The van der Waals surface area contributed by atoms with Crippen LogP contribution in [0.5, 0.6) is 0 Å². The van der Waals surface area contributed by atoms with E-state index in [1.807, 2.05) is 0 Å². The topological polar surface area (TPSA) is 0 Å². The van der Waals surface area contributed by atoms with E-state index < -0.39 is 0 Å². The van der Waals surface area contributed by atoms with Crippen molar-refractivity contribution in [3.63, 3.8) is 0 Å². The second kappa shape index (κ2) is 4.80. The van der Waals surface area contributed by atoms with E-state index in [0.29, 0.717) is 0 Å². The van der Waals surface area contributed by atoms with Crippen LogP contribution in [0.25, 0.3) is 0 Å². The molecule has 0 unspecified atom stereocenters. The van der Waals surface area contributed by atoms with E-state index in [-0.39, 0.29) is 0 Å². The van der Waals surface area contributed by atoms with Crippen molar-refractivity contribution in [2.45, 2.75) is 49.0 Å². The molecule has 70 valence electrons. The Bertz CT molecular complexity index is 108. The molecular formula is C10H18S2. The van der Waals surface area contributed by atoms with E-state index in [1.54, 1.807) is 0 Å². The summed E-state index contributed by atoms with van der Waals surface area (Å²) >= 11 is 4.43. The van der Waals surface area contributed by atoms with Crippen LogP contribution in [0, 0.1) is 0 Å². The first-order valence-corrected chi connectivity index (χ1v) is 7.28. The van der Waals surface area contributed by atoms with Crippen molar-refractivity contribution in [2.24, 2.45) is 0 Å². The number of hydrogen-bond acceptors (Lipinski definition) is 2. The zero-order valence-electron chi connectivity index (χ0n) is 7.63. The van der Waals surface area contributed by atoms with Crippen LogP contribution in [-0.4, -0.2) is 22.0 Å². The maximum Gasteiger partial charge on any atom is 0.00477 e. The predicted octanol–water partition coefficient (Wildman–Crippen LogP) is 3.56. The van der Waals surface area contributed by atoms with Gasteiger partial charge in [-0.15, -0.1) is 0 Å². The average molecular weight is 202 g/mol. The molecule has 2 aliphatic heterocycles. The Hall–Kier alpha value is 0.700. The molecule has 2 saturated heterocycles. The van der Waals surface area contributed by atoms with Gasteiger partial charge in [0, 0.05) is 10.5 Å². The molecule has 2 rings (SSSR count). The van der Waals surface area contributed by atoms with Crippen molar-refractivity contribution in [1.82, 2.24) is 0 Å². The molecule has 0 aliphatic carbocycles. The molecule has 0 bridgehead atoms. The lowest BCUT2D eigenvalue weighted by Crippen LogP contribution is -2.03. The average Bonchev–Trinajstić information content (AvgIpc) is 2.74. The van der Waals surface area contributed by atoms with Crippen LogP contribution in [0.4, 0.5) is 0 Å². The van der Waals surface area contributed by atoms with Gasteiger partial charge < -0.3 is 0 Å². The first-order chi connectivity index (χ1) is 5.95. The summed E-state index contributed by atoms with van der Waals surface area (Å²) in [6.45, 7) is 0. The van der Waals surface area contributed by atoms with Gasteiger partial charge >= 0.3 is 0 Å². The zero-order chi connectivity index (χ0) is 8.23. The number of rotatable bonds is 3. The molecule has 0 spiro atoms. The highest BCUT2D eigenvalue weighted by Crippen LogP contribution is 2.34. The summed E-state index contributed by atoms with van der Waals surface area (Å²) in [6, 6.07) is 0. The summed E-state index contributed by atoms with van der Waals surface area (Å²) in [4.78, 5) is 0. The Morgan fingerprint density at radius 2 is 1.33 bits per heavy atom. The predicted molar refractivity (Wildman–Crippen MR) is 60.2 cm³/mol. The molecular weight excluding hydrogens is 184 g/mol. The minimum absolute atomic E-state index is 1.03. The third kappa shape index (κ3) is 2.59. The normalized spacial score (nSPS) is 36.0. The van der Waals surface area contributed by atoms with E-state index in [0.717, 1.165) is 10.5 Å². The van der Waals surface area contributed by atoms with Crippen LogP contribution in [0.2, 0.25) is 0 Å². The Kier molecular flexibility index (Phi) is 3.71. The van der Waals surface area contributed by atoms with Crippen LogP contribution >= 0.6 is 23.5 Å². The SMILES string of the molecule is C1CS[C@H](CC[C@@H]2CCCS2)C1. The minimum Gasteiger partial charge on any atom is -0.159 e. The maximum atomic E-state index is 2.22. The van der Waals surface area contributed by atoms with Crippen molar-refractivity contribution in [3.05, 3.63) is 0 Å². The lowest BCUT2D eigenvalue weighted by atomic mass is 10.1. The second-order valence-electron chi connectivity index (χ2n) is 3.85. The zero-order valence-corrected chi connectivity index (χ0v) is 9.26. The smallest absolute Gasteiger partial charge is 0.00477 e. The van der Waals surface area contributed by atoms with Crippen LogP contribution in [0.1, 0.15) is 38.5 Å². The molecule has 2 heteroatoms. The van der Waals surface area contributed by atoms with Gasteiger partial charge in [-0.05, 0) is 50.0 Å². The summed E-state index contributed by atoms with van der Waals surface area (Å²) in [5.41, 5.74) is 0. The quantitative estimate of drug-likeness (QED) is 0.686. The highest BCUT2D eigenvalue weighted by atomic mass is 32.2. The monoisotopic (exact) mass is 202 g/mol. The van der Waals surface area contributed by atoms with E-state index in [4.69, 9.17) is 0 Å².